The van der Waals surface area contributed by atoms with E-state index in [4.69, 9.17) is 4.74 Å². The van der Waals surface area contributed by atoms with E-state index in [-0.39, 0.29) is 17.9 Å². The van der Waals surface area contributed by atoms with Gasteiger partial charge in [-0.2, -0.15) is 0 Å². The summed E-state index contributed by atoms with van der Waals surface area (Å²) in [6.07, 6.45) is 1.59. The van der Waals surface area contributed by atoms with Crippen LogP contribution in [0.25, 0.3) is 0 Å². The molecule has 0 aliphatic carbocycles. The number of carbonyl (C=O) groups is 3. The number of imide groups is 1. The van der Waals surface area contributed by atoms with Gasteiger partial charge in [-0.15, -0.1) is 0 Å². The summed E-state index contributed by atoms with van der Waals surface area (Å²) in [4.78, 5) is 44.0. The van der Waals surface area contributed by atoms with Crippen molar-refractivity contribution in [3.8, 4) is 5.75 Å². The largest absolute Gasteiger partial charge is 0.497 e. The molecule has 4 atom stereocenters. The van der Waals surface area contributed by atoms with Crippen molar-refractivity contribution in [1.29, 1.82) is 0 Å². The number of hydrogen-bond donors (Lipinski definition) is 1. The zero-order valence-electron chi connectivity index (χ0n) is 16.8. The van der Waals surface area contributed by atoms with Crippen LogP contribution in [-0.2, 0) is 19.9 Å². The number of nitrogens with one attached hydrogen (secondary N) is 1. The lowest BCUT2D eigenvalue weighted by atomic mass is 9.75. The van der Waals surface area contributed by atoms with Crippen LogP contribution in [0.1, 0.15) is 18.4 Å². The van der Waals surface area contributed by atoms with Crippen molar-refractivity contribution in [3.05, 3.63) is 53.8 Å². The smallest absolute Gasteiger partial charge is 0.250 e. The standard InChI is InChI=1S/C23H20FN3O4/c1-31-14-8-9-16-15(11-14)23(22(30)25-16)19-18(17-3-2-10-26(17)23)20(28)27(21(19)29)13-6-4-12(24)5-7-13/h4-9,11,17-19H,2-3,10H2,1H3,(H,25,30)/t17-,18+,19+,23-/m1/s1. The van der Waals surface area contributed by atoms with Crippen molar-refractivity contribution in [3.63, 3.8) is 0 Å². The minimum atomic E-state index is -1.25. The predicted octanol–water partition coefficient (Wildman–Crippen LogP) is 2.27. The molecular formula is C23H20FN3O4. The fourth-order valence-electron chi connectivity index (χ4n) is 6.15. The fraction of sp³-hybridized carbons (Fsp3) is 0.348. The van der Waals surface area contributed by atoms with Crippen LogP contribution in [0.5, 0.6) is 5.75 Å². The van der Waals surface area contributed by atoms with Crippen LogP contribution in [0, 0.1) is 17.7 Å². The van der Waals surface area contributed by atoms with Crippen LogP contribution in [0.4, 0.5) is 15.8 Å². The lowest BCUT2D eigenvalue weighted by molar-refractivity contribution is -0.135. The zero-order valence-corrected chi connectivity index (χ0v) is 16.8. The number of ether oxygens (including phenoxy) is 1. The van der Waals surface area contributed by atoms with Crippen molar-refractivity contribution in [1.82, 2.24) is 4.90 Å². The third-order valence-electron chi connectivity index (χ3n) is 7.28. The summed E-state index contributed by atoms with van der Waals surface area (Å²) in [5.74, 6) is -2.34. The maximum absolute atomic E-state index is 13.8. The first kappa shape index (κ1) is 18.5. The number of methoxy groups -OCH3 is 1. The van der Waals surface area contributed by atoms with Gasteiger partial charge in [0.15, 0.2) is 0 Å². The summed E-state index contributed by atoms with van der Waals surface area (Å²) in [5.41, 5.74) is 0.391. The van der Waals surface area contributed by atoms with Gasteiger partial charge in [0, 0.05) is 17.3 Å². The Labute approximate surface area is 177 Å². The zero-order chi connectivity index (χ0) is 21.5. The van der Waals surface area contributed by atoms with E-state index >= 15 is 0 Å². The fourth-order valence-corrected chi connectivity index (χ4v) is 6.15. The first-order valence-corrected chi connectivity index (χ1v) is 10.4. The van der Waals surface area contributed by atoms with Gasteiger partial charge < -0.3 is 10.1 Å². The minimum Gasteiger partial charge on any atom is -0.497 e. The molecule has 6 rings (SSSR count). The Morgan fingerprint density at radius 2 is 1.87 bits per heavy atom. The first-order valence-electron chi connectivity index (χ1n) is 10.4. The molecule has 3 saturated heterocycles. The van der Waals surface area contributed by atoms with Gasteiger partial charge in [-0.05, 0) is 61.9 Å². The number of anilines is 2. The highest BCUT2D eigenvalue weighted by atomic mass is 19.1. The third-order valence-corrected chi connectivity index (χ3v) is 7.28. The molecule has 3 fully saturated rings. The molecule has 158 valence electrons. The Balaban J connectivity index is 1.55. The highest BCUT2D eigenvalue weighted by Gasteiger charge is 2.74. The Bertz CT molecular complexity index is 1150. The molecule has 4 aliphatic heterocycles. The highest BCUT2D eigenvalue weighted by Crippen LogP contribution is 2.61. The quantitative estimate of drug-likeness (QED) is 0.753. The van der Waals surface area contributed by atoms with E-state index < -0.39 is 29.1 Å². The lowest BCUT2D eigenvalue weighted by Gasteiger charge is -2.36. The third kappa shape index (κ3) is 2.13. The molecule has 2 aromatic carbocycles. The molecule has 0 saturated carbocycles. The van der Waals surface area contributed by atoms with Gasteiger partial charge in [-0.3, -0.25) is 19.3 Å². The molecule has 2 aromatic rings. The molecule has 4 heterocycles. The highest BCUT2D eigenvalue weighted by molar-refractivity contribution is 6.25. The van der Waals surface area contributed by atoms with Crippen LogP contribution in [-0.4, -0.2) is 42.3 Å². The molecule has 7 nitrogen and oxygen atoms in total. The van der Waals surface area contributed by atoms with E-state index in [9.17, 15) is 18.8 Å². The van der Waals surface area contributed by atoms with Crippen LogP contribution >= 0.6 is 0 Å². The van der Waals surface area contributed by atoms with E-state index in [1.54, 1.807) is 25.3 Å². The minimum absolute atomic E-state index is 0.199. The molecule has 3 amide bonds. The summed E-state index contributed by atoms with van der Waals surface area (Å²) in [6, 6.07) is 10.4. The van der Waals surface area contributed by atoms with Crippen molar-refractivity contribution >= 4 is 29.1 Å². The first-order chi connectivity index (χ1) is 15.0. The maximum atomic E-state index is 13.8. The second-order valence-corrected chi connectivity index (χ2v) is 8.53. The average Bonchev–Trinajstić information content (AvgIpc) is 3.47. The summed E-state index contributed by atoms with van der Waals surface area (Å²) in [7, 11) is 1.55. The van der Waals surface area contributed by atoms with Crippen LogP contribution in [0.3, 0.4) is 0 Å². The summed E-state index contributed by atoms with van der Waals surface area (Å²) in [5, 5.41) is 2.94. The van der Waals surface area contributed by atoms with Gasteiger partial charge >= 0.3 is 0 Å². The molecule has 31 heavy (non-hydrogen) atoms. The van der Waals surface area contributed by atoms with Gasteiger partial charge in [0.05, 0.1) is 24.6 Å². The number of fused-ring (bicyclic) bond motifs is 7. The number of rotatable bonds is 2. The Hall–Kier alpha value is -3.26. The molecule has 0 unspecified atom stereocenters. The molecule has 4 aliphatic rings. The van der Waals surface area contributed by atoms with Crippen LogP contribution in [0.15, 0.2) is 42.5 Å². The van der Waals surface area contributed by atoms with E-state index in [2.05, 4.69) is 10.2 Å². The van der Waals surface area contributed by atoms with E-state index in [1.165, 1.54) is 24.3 Å². The maximum Gasteiger partial charge on any atom is 0.250 e. The second kappa shape index (κ2) is 6.13. The number of halogens is 1. The number of amides is 3. The van der Waals surface area contributed by atoms with E-state index in [0.717, 1.165) is 17.7 Å². The van der Waals surface area contributed by atoms with Crippen molar-refractivity contribution < 1.29 is 23.5 Å². The van der Waals surface area contributed by atoms with Gasteiger partial charge in [0.25, 0.3) is 0 Å². The van der Waals surface area contributed by atoms with E-state index in [1.807, 2.05) is 0 Å². The Morgan fingerprint density at radius 1 is 1.10 bits per heavy atom. The van der Waals surface area contributed by atoms with Gasteiger partial charge in [-0.25, -0.2) is 9.29 Å². The van der Waals surface area contributed by atoms with E-state index in [0.29, 0.717) is 29.2 Å². The summed E-state index contributed by atoms with van der Waals surface area (Å²) < 4.78 is 18.8. The summed E-state index contributed by atoms with van der Waals surface area (Å²) in [6.45, 7) is 0.638. The van der Waals surface area contributed by atoms with Gasteiger partial charge in [0.2, 0.25) is 17.7 Å². The van der Waals surface area contributed by atoms with Gasteiger partial charge in [-0.1, -0.05) is 0 Å². The van der Waals surface area contributed by atoms with Crippen molar-refractivity contribution in [2.45, 2.75) is 24.4 Å². The molecule has 0 bridgehead atoms. The Morgan fingerprint density at radius 3 is 2.61 bits per heavy atom. The molecular weight excluding hydrogens is 401 g/mol. The normalized spacial score (nSPS) is 31.2. The summed E-state index contributed by atoms with van der Waals surface area (Å²) >= 11 is 0. The van der Waals surface area contributed by atoms with Gasteiger partial charge in [0.1, 0.15) is 17.1 Å². The predicted molar refractivity (Wildman–Crippen MR) is 109 cm³/mol. The average molecular weight is 421 g/mol. The monoisotopic (exact) mass is 421 g/mol. The SMILES string of the molecule is COc1ccc2c(c1)[C@]1(C(=O)N2)[C@@H]2C(=O)N(c3ccc(F)cc3)C(=O)[C@H]2[C@H]2CCCN21. The number of carbonyl (C=O) groups excluding carboxylic acids is 3. The molecule has 0 radical (unpaired) electrons. The molecule has 1 spiro atoms. The topological polar surface area (TPSA) is 79.0 Å². The van der Waals surface area contributed by atoms with Crippen LogP contribution < -0.4 is 15.0 Å². The van der Waals surface area contributed by atoms with Crippen molar-refractivity contribution in [2.75, 3.05) is 23.9 Å². The van der Waals surface area contributed by atoms with Crippen LogP contribution in [0.2, 0.25) is 0 Å². The number of hydrogen-bond acceptors (Lipinski definition) is 5. The van der Waals surface area contributed by atoms with Crippen molar-refractivity contribution in [2.24, 2.45) is 11.8 Å². The lowest BCUT2D eigenvalue weighted by Crippen LogP contribution is -2.54. The Kier molecular flexibility index (Phi) is 3.66. The molecule has 8 heteroatoms. The molecule has 0 aromatic heterocycles. The second-order valence-electron chi connectivity index (χ2n) is 8.53. The number of nitrogens with zero attached hydrogens (tertiary/aromatic N) is 2. The molecule has 1 N–H and O–H groups in total. The number of benzene rings is 2.